The first-order valence-corrected chi connectivity index (χ1v) is 11.2. The minimum absolute atomic E-state index is 0.121. The van der Waals surface area contributed by atoms with Crippen molar-refractivity contribution in [1.29, 1.82) is 0 Å². The van der Waals surface area contributed by atoms with Crippen LogP contribution in [0, 0.1) is 0 Å². The van der Waals surface area contributed by atoms with Gasteiger partial charge in [0.15, 0.2) is 0 Å². The first-order valence-electron chi connectivity index (χ1n) is 9.39. The molecule has 146 valence electrons. The molecule has 4 rings (SSSR count). The molecule has 0 radical (unpaired) electrons. The van der Waals surface area contributed by atoms with Crippen molar-refractivity contribution < 1.29 is 9.53 Å². The number of nitrogens with one attached hydrogen (secondary N) is 1. The minimum Gasteiger partial charge on any atom is -0.497 e. The van der Waals surface area contributed by atoms with E-state index < -0.39 is 0 Å². The first-order chi connectivity index (χ1) is 13.7. The Balaban J connectivity index is 1.47. The second kappa shape index (κ2) is 8.86. The number of thiophene rings is 1. The van der Waals surface area contributed by atoms with Gasteiger partial charge in [-0.1, -0.05) is 12.1 Å². The second-order valence-corrected chi connectivity index (χ2v) is 8.43. The molecule has 7 heteroatoms. The van der Waals surface area contributed by atoms with Crippen LogP contribution < -0.4 is 10.1 Å². The van der Waals surface area contributed by atoms with Gasteiger partial charge in [0.25, 0.3) is 5.91 Å². The summed E-state index contributed by atoms with van der Waals surface area (Å²) in [7, 11) is 1.68. The van der Waals surface area contributed by atoms with Crippen molar-refractivity contribution in [2.75, 3.05) is 26.7 Å². The van der Waals surface area contributed by atoms with E-state index in [4.69, 9.17) is 4.74 Å². The van der Waals surface area contributed by atoms with Crippen LogP contribution in [0.25, 0.3) is 10.6 Å². The summed E-state index contributed by atoms with van der Waals surface area (Å²) in [5.74, 6) is 0.720. The fraction of sp³-hybridized carbons (Fsp3) is 0.333. The molecule has 0 aliphatic carbocycles. The normalized spacial score (nSPS) is 15.5. The van der Waals surface area contributed by atoms with Crippen LogP contribution in [0.5, 0.6) is 5.75 Å². The summed E-state index contributed by atoms with van der Waals surface area (Å²) in [6.07, 6.45) is 2.40. The van der Waals surface area contributed by atoms with Gasteiger partial charge in [-0.05, 0) is 55.1 Å². The highest BCUT2D eigenvalue weighted by molar-refractivity contribution is 7.14. The van der Waals surface area contributed by atoms with E-state index in [-0.39, 0.29) is 11.9 Å². The molecule has 1 fully saturated rings. The maximum Gasteiger partial charge on any atom is 0.270 e. The third-order valence-corrected chi connectivity index (χ3v) is 6.60. The molecule has 2 aromatic heterocycles. The zero-order valence-corrected chi connectivity index (χ0v) is 17.4. The number of rotatable bonds is 7. The van der Waals surface area contributed by atoms with E-state index in [0.717, 1.165) is 29.4 Å². The highest BCUT2D eigenvalue weighted by atomic mass is 32.1. The number of aromatic nitrogens is 1. The lowest BCUT2D eigenvalue weighted by Gasteiger charge is -2.28. The predicted octanol–water partition coefficient (Wildman–Crippen LogP) is 4.45. The lowest BCUT2D eigenvalue weighted by Crippen LogP contribution is -2.36. The van der Waals surface area contributed by atoms with Gasteiger partial charge in [-0.15, -0.1) is 11.3 Å². The molecule has 0 saturated carbocycles. The topological polar surface area (TPSA) is 54.5 Å². The van der Waals surface area contributed by atoms with Crippen LogP contribution in [0.15, 0.2) is 46.5 Å². The van der Waals surface area contributed by atoms with Crippen LogP contribution in [-0.4, -0.2) is 42.5 Å². The van der Waals surface area contributed by atoms with E-state index >= 15 is 0 Å². The van der Waals surface area contributed by atoms with Crippen LogP contribution in [0.1, 0.15) is 34.9 Å². The van der Waals surface area contributed by atoms with E-state index in [2.05, 4.69) is 27.3 Å². The Kier molecular flexibility index (Phi) is 6.04. The molecule has 3 heterocycles. The Morgan fingerprint density at radius 2 is 2.14 bits per heavy atom. The molecule has 1 saturated heterocycles. The maximum absolute atomic E-state index is 12.7. The highest BCUT2D eigenvalue weighted by Gasteiger charge is 2.25. The summed E-state index contributed by atoms with van der Waals surface area (Å²) >= 11 is 3.14. The van der Waals surface area contributed by atoms with Gasteiger partial charge in [-0.2, -0.15) is 11.3 Å². The molecule has 5 nitrogen and oxygen atoms in total. The van der Waals surface area contributed by atoms with E-state index in [9.17, 15) is 4.79 Å². The van der Waals surface area contributed by atoms with E-state index in [1.165, 1.54) is 29.7 Å². The van der Waals surface area contributed by atoms with E-state index in [1.807, 2.05) is 34.3 Å². The highest BCUT2D eigenvalue weighted by Crippen LogP contribution is 2.28. The smallest absolute Gasteiger partial charge is 0.270 e. The van der Waals surface area contributed by atoms with Crippen molar-refractivity contribution in [3.63, 3.8) is 0 Å². The average molecular weight is 414 g/mol. The summed E-state index contributed by atoms with van der Waals surface area (Å²) in [6.45, 7) is 2.66. The number of likely N-dealkylation sites (tertiary alicyclic amines) is 1. The van der Waals surface area contributed by atoms with Crippen LogP contribution in [0.4, 0.5) is 0 Å². The van der Waals surface area contributed by atoms with Gasteiger partial charge >= 0.3 is 0 Å². The zero-order chi connectivity index (χ0) is 19.3. The molecule has 1 aromatic carbocycles. The van der Waals surface area contributed by atoms with Crippen molar-refractivity contribution in [2.24, 2.45) is 0 Å². The summed E-state index contributed by atoms with van der Waals surface area (Å²) in [4.78, 5) is 19.6. The van der Waals surface area contributed by atoms with Crippen LogP contribution in [0.2, 0.25) is 0 Å². The molecule has 28 heavy (non-hydrogen) atoms. The number of carbonyl (C=O) groups is 1. The van der Waals surface area contributed by atoms with E-state index in [1.54, 1.807) is 18.4 Å². The quantitative estimate of drug-likeness (QED) is 0.622. The molecule has 3 aromatic rings. The lowest BCUT2D eigenvalue weighted by atomic mass is 10.0. The molecule has 1 atom stereocenters. The molecule has 1 aliphatic heterocycles. The number of methoxy groups -OCH3 is 1. The fourth-order valence-electron chi connectivity index (χ4n) is 3.54. The van der Waals surface area contributed by atoms with Gasteiger partial charge in [0.1, 0.15) is 16.5 Å². The van der Waals surface area contributed by atoms with Crippen molar-refractivity contribution in [2.45, 2.75) is 18.9 Å². The molecule has 0 bridgehead atoms. The molecular formula is C21H23N3O2S2. The first kappa shape index (κ1) is 19.1. The van der Waals surface area contributed by atoms with Gasteiger partial charge in [0, 0.05) is 22.9 Å². The molecule has 1 N–H and O–H groups in total. The number of benzene rings is 1. The van der Waals surface area contributed by atoms with Crippen molar-refractivity contribution in [3.05, 3.63) is 57.7 Å². The van der Waals surface area contributed by atoms with E-state index in [0.29, 0.717) is 12.2 Å². The number of thiazole rings is 1. The van der Waals surface area contributed by atoms with Crippen LogP contribution in [-0.2, 0) is 0 Å². The number of nitrogens with zero attached hydrogens (tertiary/aromatic N) is 2. The average Bonchev–Trinajstić information content (AvgIpc) is 3.50. The lowest BCUT2D eigenvalue weighted by molar-refractivity contribution is 0.0933. The molecular weight excluding hydrogens is 390 g/mol. The summed E-state index contributed by atoms with van der Waals surface area (Å²) in [5, 5.41) is 9.88. The second-order valence-electron chi connectivity index (χ2n) is 6.80. The Hall–Kier alpha value is -2.22. The van der Waals surface area contributed by atoms with Crippen molar-refractivity contribution in [3.8, 4) is 16.3 Å². The standard InChI is InChI=1S/C21H23N3O2S2/c1-26-17-6-4-5-15(11-17)19(24-8-2-3-9-24)12-22-20(25)18-14-28-21(23-18)16-7-10-27-13-16/h4-7,10-11,13-14,19H,2-3,8-9,12H2,1H3,(H,22,25). The molecule has 0 spiro atoms. The Bertz CT molecular complexity index is 917. The van der Waals surface area contributed by atoms with Gasteiger partial charge in [-0.25, -0.2) is 4.98 Å². The largest absolute Gasteiger partial charge is 0.497 e. The van der Waals surface area contributed by atoms with Gasteiger partial charge < -0.3 is 10.1 Å². The molecule has 1 aliphatic rings. The third-order valence-electron chi connectivity index (χ3n) is 5.02. The number of hydrogen-bond donors (Lipinski definition) is 1. The number of carbonyl (C=O) groups excluding carboxylic acids is 1. The maximum atomic E-state index is 12.7. The Labute approximate surface area is 173 Å². The number of amides is 1. The molecule has 1 amide bonds. The van der Waals surface area contributed by atoms with Crippen LogP contribution >= 0.6 is 22.7 Å². The van der Waals surface area contributed by atoms with Gasteiger partial charge in [-0.3, -0.25) is 9.69 Å². The number of hydrogen-bond acceptors (Lipinski definition) is 6. The Morgan fingerprint density at radius 3 is 2.89 bits per heavy atom. The van der Waals surface area contributed by atoms with Crippen LogP contribution in [0.3, 0.4) is 0 Å². The monoisotopic (exact) mass is 413 g/mol. The van der Waals surface area contributed by atoms with Crippen molar-refractivity contribution in [1.82, 2.24) is 15.2 Å². The third kappa shape index (κ3) is 4.27. The number of ether oxygens (including phenoxy) is 1. The predicted molar refractivity (Wildman–Crippen MR) is 114 cm³/mol. The van der Waals surface area contributed by atoms with Crippen molar-refractivity contribution >= 4 is 28.6 Å². The summed E-state index contributed by atoms with van der Waals surface area (Å²) in [5.41, 5.74) is 2.72. The minimum atomic E-state index is -0.121. The fourth-order valence-corrected chi connectivity index (χ4v) is 5.05. The Morgan fingerprint density at radius 1 is 1.29 bits per heavy atom. The summed E-state index contributed by atoms with van der Waals surface area (Å²) in [6, 6.07) is 10.3. The molecule has 1 unspecified atom stereocenters. The summed E-state index contributed by atoms with van der Waals surface area (Å²) < 4.78 is 5.39. The van der Waals surface area contributed by atoms with Gasteiger partial charge in [0.2, 0.25) is 0 Å². The van der Waals surface area contributed by atoms with Gasteiger partial charge in [0.05, 0.1) is 13.2 Å². The zero-order valence-electron chi connectivity index (χ0n) is 15.8. The SMILES string of the molecule is COc1cccc(C(CNC(=O)c2csc(-c3ccsc3)n2)N2CCCC2)c1.